The molecule has 0 aliphatic rings. The Morgan fingerprint density at radius 1 is 1.30 bits per heavy atom. The number of aromatic nitrogens is 2. The van der Waals surface area contributed by atoms with Crippen molar-refractivity contribution in [2.24, 2.45) is 0 Å². The van der Waals surface area contributed by atoms with Gasteiger partial charge in [-0.05, 0) is 17.7 Å². The topological polar surface area (TPSA) is 60.2 Å². The van der Waals surface area contributed by atoms with Gasteiger partial charge >= 0.3 is 6.36 Å². The van der Waals surface area contributed by atoms with Crippen molar-refractivity contribution in [3.8, 4) is 5.75 Å². The number of rotatable bonds is 6. The fourth-order valence-corrected chi connectivity index (χ4v) is 1.59. The summed E-state index contributed by atoms with van der Waals surface area (Å²) in [7, 11) is 0. The molecule has 8 heteroatoms. The van der Waals surface area contributed by atoms with Crippen molar-refractivity contribution in [1.82, 2.24) is 15.5 Å². The molecule has 0 saturated heterocycles. The number of alkyl halides is 3. The van der Waals surface area contributed by atoms with E-state index in [9.17, 15) is 13.2 Å². The smallest absolute Gasteiger partial charge is 0.406 e. The summed E-state index contributed by atoms with van der Waals surface area (Å²) < 4.78 is 44.9. The van der Waals surface area contributed by atoms with Crippen LogP contribution in [0.5, 0.6) is 5.75 Å². The number of nitrogens with zero attached hydrogens (tertiary/aromatic N) is 2. The van der Waals surface area contributed by atoms with E-state index in [-0.39, 0.29) is 5.75 Å². The lowest BCUT2D eigenvalue weighted by molar-refractivity contribution is -0.274. The first-order valence-corrected chi connectivity index (χ1v) is 5.84. The molecule has 0 bridgehead atoms. The van der Waals surface area contributed by atoms with E-state index in [1.54, 1.807) is 6.07 Å². The third-order valence-corrected chi connectivity index (χ3v) is 2.38. The van der Waals surface area contributed by atoms with E-state index in [1.807, 2.05) is 0 Å². The molecule has 0 fully saturated rings. The normalized spacial score (nSPS) is 11.6. The van der Waals surface area contributed by atoms with Crippen LogP contribution >= 0.6 is 0 Å². The van der Waals surface area contributed by atoms with Crippen LogP contribution in [-0.4, -0.2) is 23.0 Å². The number of nitrogens with one attached hydrogen (secondary N) is 1. The second-order valence-electron chi connectivity index (χ2n) is 3.96. The van der Waals surface area contributed by atoms with Crippen LogP contribution in [0.3, 0.4) is 0 Å². The van der Waals surface area contributed by atoms with Gasteiger partial charge < -0.3 is 14.6 Å². The van der Waals surface area contributed by atoms with Gasteiger partial charge in [0.25, 0.3) is 0 Å². The Bertz CT molecular complexity index is 529. The van der Waals surface area contributed by atoms with Gasteiger partial charge in [-0.1, -0.05) is 17.3 Å². The van der Waals surface area contributed by atoms with Gasteiger partial charge in [-0.15, -0.1) is 13.2 Å². The first kappa shape index (κ1) is 14.3. The number of halogens is 3. The van der Waals surface area contributed by atoms with E-state index in [1.165, 1.54) is 24.5 Å². The molecule has 108 valence electrons. The minimum absolute atomic E-state index is 0.228. The van der Waals surface area contributed by atoms with Crippen LogP contribution in [0, 0.1) is 0 Å². The third kappa shape index (κ3) is 4.88. The maximum atomic E-state index is 12.1. The third-order valence-electron chi connectivity index (χ3n) is 2.38. The van der Waals surface area contributed by atoms with Gasteiger partial charge in [0, 0.05) is 19.5 Å². The van der Waals surface area contributed by atoms with Gasteiger partial charge in [0.1, 0.15) is 5.75 Å². The average molecular weight is 287 g/mol. The molecular weight excluding hydrogens is 275 g/mol. The lowest BCUT2D eigenvalue weighted by Gasteiger charge is -2.10. The molecule has 0 amide bonds. The lowest BCUT2D eigenvalue weighted by Crippen LogP contribution is -2.18. The monoisotopic (exact) mass is 287 g/mol. The zero-order valence-corrected chi connectivity index (χ0v) is 10.4. The van der Waals surface area contributed by atoms with Crippen LogP contribution < -0.4 is 10.1 Å². The Hall–Kier alpha value is -2.09. The van der Waals surface area contributed by atoms with Crippen LogP contribution in [0.1, 0.15) is 11.5 Å². The van der Waals surface area contributed by atoms with Gasteiger partial charge in [-0.2, -0.15) is 4.98 Å². The number of benzene rings is 1. The summed E-state index contributed by atoms with van der Waals surface area (Å²) in [5.41, 5.74) is 0.692. The Labute approximate surface area is 112 Å². The van der Waals surface area contributed by atoms with E-state index < -0.39 is 6.36 Å². The maximum absolute atomic E-state index is 12.1. The summed E-state index contributed by atoms with van der Waals surface area (Å²) >= 11 is 0. The fourth-order valence-electron chi connectivity index (χ4n) is 1.59. The van der Waals surface area contributed by atoms with Crippen LogP contribution in [0.15, 0.2) is 35.1 Å². The average Bonchev–Trinajstić information content (AvgIpc) is 2.86. The van der Waals surface area contributed by atoms with Crippen LogP contribution in [0.2, 0.25) is 0 Å². The number of ether oxygens (including phenoxy) is 1. The fraction of sp³-hybridized carbons (Fsp3) is 0.333. The second kappa shape index (κ2) is 6.38. The summed E-state index contributed by atoms with van der Waals surface area (Å²) in [5, 5.41) is 6.53. The van der Waals surface area contributed by atoms with Crippen molar-refractivity contribution in [2.45, 2.75) is 19.3 Å². The zero-order chi connectivity index (χ0) is 14.4. The Balaban J connectivity index is 1.79. The van der Waals surface area contributed by atoms with Crippen molar-refractivity contribution in [3.05, 3.63) is 42.0 Å². The molecule has 1 N–H and O–H groups in total. The Morgan fingerprint density at radius 2 is 2.15 bits per heavy atom. The van der Waals surface area contributed by atoms with Crippen LogP contribution in [0.4, 0.5) is 13.2 Å². The highest BCUT2D eigenvalue weighted by Crippen LogP contribution is 2.23. The van der Waals surface area contributed by atoms with Crippen molar-refractivity contribution < 1.29 is 22.4 Å². The largest absolute Gasteiger partial charge is 0.573 e. The molecule has 0 spiro atoms. The number of hydrogen-bond donors (Lipinski definition) is 1. The van der Waals surface area contributed by atoms with Crippen molar-refractivity contribution in [3.63, 3.8) is 0 Å². The molecular formula is C12H12F3N3O2. The molecule has 20 heavy (non-hydrogen) atoms. The standard InChI is InChI=1S/C12H12F3N3O2/c13-12(14,15)19-10-3-1-2-9(6-10)7-16-5-4-11-17-8-18-20-11/h1-3,6,8,16H,4-5,7H2. The zero-order valence-electron chi connectivity index (χ0n) is 10.4. The summed E-state index contributed by atoms with van der Waals surface area (Å²) in [4.78, 5) is 3.85. The molecule has 0 aliphatic heterocycles. The van der Waals surface area contributed by atoms with Gasteiger partial charge in [-0.25, -0.2) is 0 Å². The van der Waals surface area contributed by atoms with Crippen LogP contribution in [0.25, 0.3) is 0 Å². The Morgan fingerprint density at radius 3 is 2.85 bits per heavy atom. The van der Waals surface area contributed by atoms with E-state index in [0.717, 1.165) is 0 Å². The van der Waals surface area contributed by atoms with Crippen LogP contribution in [-0.2, 0) is 13.0 Å². The van der Waals surface area contributed by atoms with Gasteiger partial charge in [0.2, 0.25) is 5.89 Å². The molecule has 2 aromatic rings. The highest BCUT2D eigenvalue weighted by Gasteiger charge is 2.31. The first-order chi connectivity index (χ1) is 9.53. The number of hydrogen-bond acceptors (Lipinski definition) is 5. The maximum Gasteiger partial charge on any atom is 0.573 e. The minimum Gasteiger partial charge on any atom is -0.406 e. The highest BCUT2D eigenvalue weighted by atomic mass is 19.4. The minimum atomic E-state index is -4.68. The quantitative estimate of drug-likeness (QED) is 0.826. The molecule has 0 aliphatic carbocycles. The van der Waals surface area contributed by atoms with Gasteiger partial charge in [0.05, 0.1) is 0 Å². The second-order valence-corrected chi connectivity index (χ2v) is 3.96. The molecule has 0 unspecified atom stereocenters. The Kier molecular flexibility index (Phi) is 4.57. The predicted octanol–water partition coefficient (Wildman–Crippen LogP) is 2.30. The van der Waals surface area contributed by atoms with E-state index in [2.05, 4.69) is 20.2 Å². The molecule has 1 heterocycles. The van der Waals surface area contributed by atoms with Crippen molar-refractivity contribution >= 4 is 0 Å². The predicted molar refractivity (Wildman–Crippen MR) is 62.8 cm³/mol. The summed E-state index contributed by atoms with van der Waals surface area (Å²) in [6.45, 7) is 0.996. The van der Waals surface area contributed by atoms with Gasteiger partial charge in [0.15, 0.2) is 6.33 Å². The van der Waals surface area contributed by atoms with E-state index in [4.69, 9.17) is 4.52 Å². The van der Waals surface area contributed by atoms with Crippen molar-refractivity contribution in [2.75, 3.05) is 6.54 Å². The van der Waals surface area contributed by atoms with Gasteiger partial charge in [-0.3, -0.25) is 0 Å². The molecule has 2 rings (SSSR count). The van der Waals surface area contributed by atoms with Crippen molar-refractivity contribution in [1.29, 1.82) is 0 Å². The van der Waals surface area contributed by atoms with E-state index in [0.29, 0.717) is 31.0 Å². The molecule has 0 saturated carbocycles. The van der Waals surface area contributed by atoms with E-state index >= 15 is 0 Å². The highest BCUT2D eigenvalue weighted by molar-refractivity contribution is 5.28. The molecule has 5 nitrogen and oxygen atoms in total. The summed E-state index contributed by atoms with van der Waals surface area (Å²) in [6.07, 6.45) is -2.81. The SMILES string of the molecule is FC(F)(F)Oc1cccc(CNCCc2ncno2)c1. The lowest BCUT2D eigenvalue weighted by atomic mass is 10.2. The summed E-state index contributed by atoms with van der Waals surface area (Å²) in [6, 6.07) is 5.82. The first-order valence-electron chi connectivity index (χ1n) is 5.84. The molecule has 1 aromatic heterocycles. The molecule has 0 radical (unpaired) electrons. The molecule has 0 atom stereocenters. The summed E-state index contributed by atoms with van der Waals surface area (Å²) in [5.74, 6) is 0.278. The molecule has 1 aromatic carbocycles.